The van der Waals surface area contributed by atoms with Gasteiger partial charge in [0.05, 0.1) is 22.6 Å². The molecular formula is C17H15F6N3O8S3. The molecule has 0 aliphatic heterocycles. The Kier molecular flexibility index (Phi) is 7.19. The second-order valence-corrected chi connectivity index (χ2v) is 12.2. The summed E-state index contributed by atoms with van der Waals surface area (Å²) in [5.74, 6) is -5.51. The lowest BCUT2D eigenvalue weighted by Crippen LogP contribution is -2.61. The highest BCUT2D eigenvalue weighted by Gasteiger charge is 2.63. The Labute approximate surface area is 209 Å². The van der Waals surface area contributed by atoms with Crippen molar-refractivity contribution in [2.75, 3.05) is 4.31 Å². The van der Waals surface area contributed by atoms with Gasteiger partial charge in [0, 0.05) is 12.1 Å². The van der Waals surface area contributed by atoms with E-state index in [1.54, 1.807) is 0 Å². The third-order valence-corrected chi connectivity index (χ3v) is 9.75. The standard InChI is InChI=1S/C17H15F6N3O8S3/c18-16(19,20)36(31,32)24(10-3-5-11(6-4-10)26(29)30)15(35)25(37(33,34)17(21,22)23)13-9-2-1-8(7-9)12(13)14(27)28/h3-6,8-9,12-13H,1-2,7H2,(H,27,28). The molecule has 4 atom stereocenters. The van der Waals surface area contributed by atoms with Crippen LogP contribution in [0, 0.1) is 27.9 Å². The third-order valence-electron chi connectivity index (χ3n) is 6.17. The number of anilines is 1. The number of hydrogen-bond acceptors (Lipinski definition) is 8. The van der Waals surface area contributed by atoms with E-state index in [1.165, 1.54) is 0 Å². The van der Waals surface area contributed by atoms with Crippen LogP contribution in [0.25, 0.3) is 0 Å². The maximum absolute atomic E-state index is 13.7. The molecular weight excluding hydrogens is 584 g/mol. The van der Waals surface area contributed by atoms with Crippen LogP contribution in [0.5, 0.6) is 0 Å². The molecule has 20 heteroatoms. The van der Waals surface area contributed by atoms with Crippen molar-refractivity contribution in [2.45, 2.75) is 36.3 Å². The normalized spacial score (nSPS) is 24.1. The van der Waals surface area contributed by atoms with Gasteiger partial charge in [-0.15, -0.1) is 0 Å². The van der Waals surface area contributed by atoms with Crippen molar-refractivity contribution >= 4 is 54.7 Å². The molecule has 0 heterocycles. The van der Waals surface area contributed by atoms with E-state index in [2.05, 4.69) is 12.2 Å². The zero-order valence-corrected chi connectivity index (χ0v) is 20.3. The molecule has 206 valence electrons. The molecule has 11 nitrogen and oxygen atoms in total. The second kappa shape index (κ2) is 9.22. The van der Waals surface area contributed by atoms with Gasteiger partial charge in [0.2, 0.25) is 5.11 Å². The van der Waals surface area contributed by atoms with E-state index in [-0.39, 0.29) is 19.3 Å². The average Bonchev–Trinajstić information content (AvgIpc) is 3.34. The Hall–Kier alpha value is -2.74. The van der Waals surface area contributed by atoms with Gasteiger partial charge in [-0.25, -0.2) is 8.61 Å². The first-order valence-electron chi connectivity index (χ1n) is 9.97. The highest BCUT2D eigenvalue weighted by Crippen LogP contribution is 2.52. The van der Waals surface area contributed by atoms with Gasteiger partial charge in [-0.3, -0.25) is 14.9 Å². The lowest BCUT2D eigenvalue weighted by molar-refractivity contribution is -0.384. The first-order chi connectivity index (χ1) is 16.7. The fourth-order valence-electron chi connectivity index (χ4n) is 4.70. The maximum atomic E-state index is 13.7. The Morgan fingerprint density at radius 1 is 0.973 bits per heavy atom. The quantitative estimate of drug-likeness (QED) is 0.225. The zero-order valence-electron chi connectivity index (χ0n) is 17.9. The van der Waals surface area contributed by atoms with E-state index >= 15 is 0 Å². The van der Waals surface area contributed by atoms with Gasteiger partial charge in [-0.1, -0.05) is 0 Å². The first-order valence-corrected chi connectivity index (χ1v) is 13.3. The molecule has 3 rings (SSSR count). The third kappa shape index (κ3) is 4.80. The molecule has 0 spiro atoms. The minimum absolute atomic E-state index is 0.00908. The van der Waals surface area contributed by atoms with E-state index in [0.717, 1.165) is 0 Å². The summed E-state index contributed by atoms with van der Waals surface area (Å²) in [5, 5.41) is 18.4. The van der Waals surface area contributed by atoms with Gasteiger partial charge >= 0.3 is 37.0 Å². The minimum atomic E-state index is -6.75. The van der Waals surface area contributed by atoms with E-state index in [9.17, 15) is 63.2 Å². The average molecular weight is 600 g/mol. The monoisotopic (exact) mass is 599 g/mol. The molecule has 2 aliphatic rings. The summed E-state index contributed by atoms with van der Waals surface area (Å²) in [6.07, 6.45) is 0.102. The predicted molar refractivity (Wildman–Crippen MR) is 116 cm³/mol. The highest BCUT2D eigenvalue weighted by molar-refractivity contribution is 7.97. The number of non-ortho nitro benzene ring substituents is 1. The van der Waals surface area contributed by atoms with Crippen LogP contribution in [0.3, 0.4) is 0 Å². The summed E-state index contributed by atoms with van der Waals surface area (Å²) < 4.78 is 130. The topological polar surface area (TPSA) is 155 Å². The molecule has 37 heavy (non-hydrogen) atoms. The number of nitro benzene ring substituents is 1. The molecule has 0 aromatic heterocycles. The Morgan fingerprint density at radius 3 is 1.89 bits per heavy atom. The summed E-state index contributed by atoms with van der Waals surface area (Å²) in [6.45, 7) is 0. The molecule has 4 unspecified atom stereocenters. The number of halogens is 6. The van der Waals surface area contributed by atoms with Crippen LogP contribution in [0.4, 0.5) is 37.7 Å². The summed E-state index contributed by atoms with van der Waals surface area (Å²) in [7, 11) is -13.5. The summed E-state index contributed by atoms with van der Waals surface area (Å²) >= 11 is 4.66. The van der Waals surface area contributed by atoms with Crippen LogP contribution < -0.4 is 4.31 Å². The molecule has 2 aliphatic carbocycles. The molecule has 0 radical (unpaired) electrons. The van der Waals surface area contributed by atoms with Crippen molar-refractivity contribution in [3.05, 3.63) is 34.4 Å². The van der Waals surface area contributed by atoms with Gasteiger partial charge < -0.3 is 5.11 Å². The van der Waals surface area contributed by atoms with Crippen LogP contribution in [0.15, 0.2) is 24.3 Å². The number of sulfonamides is 2. The van der Waals surface area contributed by atoms with Crippen LogP contribution in [0.2, 0.25) is 0 Å². The number of benzene rings is 1. The molecule has 0 saturated heterocycles. The van der Waals surface area contributed by atoms with Crippen molar-refractivity contribution in [1.29, 1.82) is 0 Å². The van der Waals surface area contributed by atoms with Crippen LogP contribution in [-0.2, 0) is 24.8 Å². The van der Waals surface area contributed by atoms with Gasteiger partial charge in [0.25, 0.3) is 5.69 Å². The predicted octanol–water partition coefficient (Wildman–Crippen LogP) is 3.19. The molecule has 1 aromatic carbocycles. The fraction of sp³-hybridized carbons (Fsp3) is 0.529. The lowest BCUT2D eigenvalue weighted by Gasteiger charge is -2.41. The molecule has 2 fully saturated rings. The zero-order chi connectivity index (χ0) is 28.3. The number of hydrogen-bond donors (Lipinski definition) is 1. The first kappa shape index (κ1) is 28.8. The maximum Gasteiger partial charge on any atom is 0.517 e. The number of alkyl halides is 6. The van der Waals surface area contributed by atoms with Crippen molar-refractivity contribution in [3.63, 3.8) is 0 Å². The van der Waals surface area contributed by atoms with Gasteiger partial charge in [-0.05, 0) is 55.4 Å². The number of fused-ring (bicyclic) bond motifs is 2. The van der Waals surface area contributed by atoms with Crippen molar-refractivity contribution in [3.8, 4) is 0 Å². The Morgan fingerprint density at radius 2 is 1.46 bits per heavy atom. The number of rotatable bonds is 6. The summed E-state index contributed by atoms with van der Waals surface area (Å²) in [5.41, 5.74) is -14.4. The fourth-order valence-corrected chi connectivity index (χ4v) is 7.60. The van der Waals surface area contributed by atoms with Crippen LogP contribution in [-0.4, -0.2) is 59.3 Å². The molecule has 1 aromatic rings. The molecule has 2 bridgehead atoms. The number of carboxylic acids is 1. The largest absolute Gasteiger partial charge is 0.517 e. The smallest absolute Gasteiger partial charge is 0.481 e. The second-order valence-electron chi connectivity index (χ2n) is 8.21. The SMILES string of the molecule is O=C(O)C1C2CCC(C2)C1N(C(=S)N(c1ccc([N+](=O)[O-])cc1)S(=O)(=O)C(F)(F)F)S(=O)(=O)C(F)(F)F. The van der Waals surface area contributed by atoms with Crippen molar-refractivity contribution < 1.29 is 58.0 Å². The molecule has 0 amide bonds. The number of thiocarbonyl (C=S) groups is 1. The van der Waals surface area contributed by atoms with Crippen molar-refractivity contribution in [2.24, 2.45) is 17.8 Å². The minimum Gasteiger partial charge on any atom is -0.481 e. The number of aliphatic carboxylic acids is 1. The number of carbonyl (C=O) groups is 1. The molecule has 1 N–H and O–H groups in total. The van der Waals surface area contributed by atoms with E-state index in [4.69, 9.17) is 0 Å². The van der Waals surface area contributed by atoms with E-state index in [1.807, 2.05) is 0 Å². The Balaban J connectivity index is 2.29. The molecule has 2 saturated carbocycles. The summed E-state index contributed by atoms with van der Waals surface area (Å²) in [6, 6.07) is -0.323. The number of nitro groups is 1. The van der Waals surface area contributed by atoms with E-state index < -0.39 is 90.8 Å². The number of carboxylic acid groups (broad SMARTS) is 1. The lowest BCUT2D eigenvalue weighted by atomic mass is 9.84. The van der Waals surface area contributed by atoms with Gasteiger partial charge in [-0.2, -0.15) is 43.2 Å². The van der Waals surface area contributed by atoms with Crippen molar-refractivity contribution in [1.82, 2.24) is 4.31 Å². The summed E-state index contributed by atoms with van der Waals surface area (Å²) in [4.78, 5) is 21.7. The van der Waals surface area contributed by atoms with Crippen LogP contribution in [0.1, 0.15) is 19.3 Å². The van der Waals surface area contributed by atoms with Gasteiger partial charge in [0.1, 0.15) is 0 Å². The van der Waals surface area contributed by atoms with Gasteiger partial charge in [0.15, 0.2) is 0 Å². The van der Waals surface area contributed by atoms with E-state index in [0.29, 0.717) is 24.3 Å². The number of nitrogens with zero attached hydrogens (tertiary/aromatic N) is 3. The highest BCUT2D eigenvalue weighted by atomic mass is 32.2. The van der Waals surface area contributed by atoms with Crippen LogP contribution >= 0.6 is 12.2 Å². The Bertz CT molecular complexity index is 1330.